The molecule has 0 unspecified atom stereocenters. The Balaban J connectivity index is -0.000000229. The Morgan fingerprint density at radius 1 is 0.512 bits per heavy atom. The van der Waals surface area contributed by atoms with Crippen molar-refractivity contribution in [3.63, 3.8) is 0 Å². The van der Waals surface area contributed by atoms with E-state index in [1.54, 1.807) is 12.5 Å². The van der Waals surface area contributed by atoms with Gasteiger partial charge in [-0.1, -0.05) is 128 Å². The fraction of sp³-hybridized carbons (Fsp3) is 0.500. The van der Waals surface area contributed by atoms with Crippen molar-refractivity contribution >= 4 is 0 Å². The van der Waals surface area contributed by atoms with E-state index in [2.05, 4.69) is 108 Å². The van der Waals surface area contributed by atoms with Gasteiger partial charge in [-0.3, -0.25) is 9.97 Å². The summed E-state index contributed by atoms with van der Waals surface area (Å²) in [5.41, 5.74) is 5.26. The summed E-state index contributed by atoms with van der Waals surface area (Å²) < 4.78 is 4.92. The Kier molecular flexibility index (Phi) is 31.4. The van der Waals surface area contributed by atoms with Crippen molar-refractivity contribution in [2.75, 3.05) is 0 Å². The van der Waals surface area contributed by atoms with Gasteiger partial charge in [0.25, 0.3) is 0 Å². The molecule has 0 bridgehead atoms. The van der Waals surface area contributed by atoms with Gasteiger partial charge in [-0.25, -0.2) is 0 Å². The summed E-state index contributed by atoms with van der Waals surface area (Å²) in [5.74, 6) is 2.92. The zero-order chi connectivity index (χ0) is 28.9. The molecule has 4 aromatic rings. The lowest BCUT2D eigenvalue weighted by atomic mass is 10.0. The highest BCUT2D eigenvalue weighted by Crippen LogP contribution is 2.08. The lowest BCUT2D eigenvalue weighted by Crippen LogP contribution is -1.95. The molecule has 0 atom stereocenters. The van der Waals surface area contributed by atoms with Crippen LogP contribution in [0.4, 0.5) is 0 Å². The minimum Gasteiger partial charge on any atom is -0.472 e. The summed E-state index contributed by atoms with van der Waals surface area (Å²) >= 11 is 0. The predicted octanol–water partition coefficient (Wildman–Crippen LogP) is 12.5. The van der Waals surface area contributed by atoms with Crippen molar-refractivity contribution in [2.45, 2.75) is 111 Å². The number of hydrogen-bond donors (Lipinski definition) is 0. The second-order valence-corrected chi connectivity index (χ2v) is 11.7. The molecule has 4 rings (SSSR count). The minimum absolute atomic E-state index is 0. The van der Waals surface area contributed by atoms with Gasteiger partial charge in [0.1, 0.15) is 0 Å². The van der Waals surface area contributed by atoms with Gasteiger partial charge < -0.3 is 4.42 Å². The Morgan fingerprint density at radius 2 is 1.02 bits per heavy atom. The first kappa shape index (κ1) is 46.7. The number of furan rings is 1. The van der Waals surface area contributed by atoms with Crippen molar-refractivity contribution in [3.05, 3.63) is 120 Å². The summed E-state index contributed by atoms with van der Waals surface area (Å²) in [7, 11) is 0. The van der Waals surface area contributed by atoms with E-state index in [4.69, 9.17) is 4.42 Å². The van der Waals surface area contributed by atoms with Crippen LogP contribution in [0.5, 0.6) is 0 Å². The molecule has 0 aliphatic carbocycles. The van der Waals surface area contributed by atoms with Crippen LogP contribution in [-0.2, 0) is 25.7 Å². The van der Waals surface area contributed by atoms with Crippen LogP contribution in [0, 0.1) is 23.7 Å². The van der Waals surface area contributed by atoms with Crippen LogP contribution in [-0.4, -0.2) is 9.97 Å². The molecule has 3 nitrogen and oxygen atoms in total. The topological polar surface area (TPSA) is 38.9 Å². The van der Waals surface area contributed by atoms with Crippen LogP contribution in [0.2, 0.25) is 0 Å². The van der Waals surface area contributed by atoms with Gasteiger partial charge in [-0.2, -0.15) is 0 Å². The van der Waals surface area contributed by atoms with E-state index >= 15 is 0 Å². The largest absolute Gasteiger partial charge is 0.472 e. The fourth-order valence-electron chi connectivity index (χ4n) is 3.89. The van der Waals surface area contributed by atoms with Crippen LogP contribution in [0.25, 0.3) is 0 Å². The van der Waals surface area contributed by atoms with Crippen molar-refractivity contribution in [2.24, 2.45) is 23.7 Å². The molecule has 3 aromatic heterocycles. The molecule has 3 heteroatoms. The van der Waals surface area contributed by atoms with Crippen LogP contribution < -0.4 is 0 Å². The standard InChI is InChI=1S/C10H14.2C9H13N.C8H12O.4CH4/c1-9(2)8-10-6-4-3-5-7-10;1-8(2)6-9-4-3-5-10-7-9;1-8(2)7-9-5-3-4-6-10-9;1-7(2)5-8-3-4-9-6-8;;;;/h3-7,9H,8H2,1-2H3;3-5,7-8H,6H2,1-2H3;3-6,8H,7H2,1-2H3;3-4,6-7H,5H2,1-2H3;4*1H4. The molecule has 0 saturated carbocycles. The Bertz CT molecular complexity index is 933. The van der Waals surface area contributed by atoms with Crippen LogP contribution in [0.1, 0.15) is 107 Å². The predicted molar refractivity (Wildman–Crippen MR) is 195 cm³/mol. The Morgan fingerprint density at radius 3 is 1.47 bits per heavy atom. The zero-order valence-corrected chi connectivity index (χ0v) is 25.7. The lowest BCUT2D eigenvalue weighted by molar-refractivity contribution is 0.557. The lowest BCUT2D eigenvalue weighted by Gasteiger charge is -2.02. The average Bonchev–Trinajstić information content (AvgIpc) is 3.38. The van der Waals surface area contributed by atoms with Gasteiger partial charge in [-0.05, 0) is 90.3 Å². The molecule has 244 valence electrons. The smallest absolute Gasteiger partial charge is 0.0934 e. The molecule has 0 radical (unpaired) electrons. The maximum absolute atomic E-state index is 4.92. The summed E-state index contributed by atoms with van der Waals surface area (Å²) in [6.45, 7) is 17.7. The number of rotatable bonds is 8. The van der Waals surface area contributed by atoms with Crippen LogP contribution in [0.3, 0.4) is 0 Å². The average molecular weight is 593 g/mol. The van der Waals surface area contributed by atoms with E-state index in [0.717, 1.165) is 37.0 Å². The summed E-state index contributed by atoms with van der Waals surface area (Å²) in [6, 6.07) is 22.8. The van der Waals surface area contributed by atoms with Gasteiger partial charge in [0.2, 0.25) is 0 Å². The number of pyridine rings is 2. The van der Waals surface area contributed by atoms with E-state index < -0.39 is 0 Å². The Labute approximate surface area is 268 Å². The molecule has 0 aliphatic rings. The number of nitrogens with zero attached hydrogens (tertiary/aromatic N) is 2. The van der Waals surface area contributed by atoms with Gasteiger partial charge in [-0.15, -0.1) is 0 Å². The second kappa shape index (κ2) is 28.9. The van der Waals surface area contributed by atoms with Gasteiger partial charge >= 0.3 is 0 Å². The quantitative estimate of drug-likeness (QED) is 0.204. The van der Waals surface area contributed by atoms with Crippen molar-refractivity contribution in [3.8, 4) is 0 Å². The molecule has 0 fully saturated rings. The molecule has 0 saturated heterocycles. The maximum Gasteiger partial charge on any atom is 0.0934 e. The molecule has 3 heterocycles. The highest BCUT2D eigenvalue weighted by Gasteiger charge is 1.97. The second-order valence-electron chi connectivity index (χ2n) is 11.7. The van der Waals surface area contributed by atoms with E-state index in [9.17, 15) is 0 Å². The summed E-state index contributed by atoms with van der Waals surface area (Å²) in [5, 5.41) is 0. The highest BCUT2D eigenvalue weighted by atomic mass is 16.3. The first-order valence-electron chi connectivity index (χ1n) is 14.5. The Hall–Kier alpha value is -3.20. The maximum atomic E-state index is 4.92. The summed E-state index contributed by atoms with van der Waals surface area (Å²) in [4.78, 5) is 8.26. The van der Waals surface area contributed by atoms with E-state index in [0.29, 0.717) is 5.92 Å². The van der Waals surface area contributed by atoms with E-state index in [1.807, 2.05) is 42.9 Å². The molecule has 0 N–H and O–H groups in total. The van der Waals surface area contributed by atoms with Crippen molar-refractivity contribution in [1.82, 2.24) is 9.97 Å². The van der Waals surface area contributed by atoms with E-state index in [1.165, 1.54) is 28.8 Å². The van der Waals surface area contributed by atoms with Gasteiger partial charge in [0.05, 0.1) is 12.5 Å². The first-order valence-corrected chi connectivity index (χ1v) is 14.5. The van der Waals surface area contributed by atoms with Gasteiger partial charge in [0, 0.05) is 24.3 Å². The minimum atomic E-state index is 0. The third-order valence-electron chi connectivity index (χ3n) is 5.42. The highest BCUT2D eigenvalue weighted by molar-refractivity contribution is 5.14. The molecule has 0 amide bonds. The third kappa shape index (κ3) is 27.4. The van der Waals surface area contributed by atoms with Crippen LogP contribution in [0.15, 0.2) is 102 Å². The third-order valence-corrected chi connectivity index (χ3v) is 5.42. The van der Waals surface area contributed by atoms with Crippen molar-refractivity contribution in [1.29, 1.82) is 0 Å². The summed E-state index contributed by atoms with van der Waals surface area (Å²) in [6.07, 6.45) is 13.6. The number of hydrogen-bond acceptors (Lipinski definition) is 3. The van der Waals surface area contributed by atoms with E-state index in [-0.39, 0.29) is 29.7 Å². The molecule has 43 heavy (non-hydrogen) atoms. The first-order chi connectivity index (χ1) is 18.7. The van der Waals surface area contributed by atoms with Crippen molar-refractivity contribution < 1.29 is 4.42 Å². The molecular formula is C40H68N2O. The SMILES string of the molecule is C.C.C.C.CC(C)Cc1ccccc1.CC(C)Cc1ccccn1.CC(C)Cc1cccnc1.CC(C)Cc1ccoc1. The number of aromatic nitrogens is 2. The monoisotopic (exact) mass is 593 g/mol. The zero-order valence-electron chi connectivity index (χ0n) is 25.7. The van der Waals surface area contributed by atoms with Crippen LogP contribution >= 0.6 is 0 Å². The molecule has 0 aliphatic heterocycles. The molecular weight excluding hydrogens is 524 g/mol. The fourth-order valence-corrected chi connectivity index (χ4v) is 3.89. The molecule has 0 spiro atoms. The normalized spacial score (nSPS) is 9.40. The number of benzene rings is 1. The van der Waals surface area contributed by atoms with Gasteiger partial charge in [0.15, 0.2) is 0 Å². The molecule has 1 aromatic carbocycles.